The van der Waals surface area contributed by atoms with Gasteiger partial charge in [-0.05, 0) is 25.1 Å². The largest absolute Gasteiger partial charge is 0.366 e. The summed E-state index contributed by atoms with van der Waals surface area (Å²) in [5, 5.41) is 9.15. The normalized spacial score (nSPS) is 22.5. The molecule has 1 atom stereocenters. The lowest BCUT2D eigenvalue weighted by molar-refractivity contribution is 0.568. The van der Waals surface area contributed by atoms with Gasteiger partial charge in [0.1, 0.15) is 6.07 Å². The Morgan fingerprint density at radius 1 is 1.50 bits per heavy atom. The number of sulfone groups is 1. The van der Waals surface area contributed by atoms with Crippen molar-refractivity contribution in [2.75, 3.05) is 23.0 Å². The number of anilines is 1. The van der Waals surface area contributed by atoms with Gasteiger partial charge in [0.05, 0.1) is 22.8 Å². The van der Waals surface area contributed by atoms with Crippen molar-refractivity contribution in [1.82, 2.24) is 0 Å². The van der Waals surface area contributed by atoms with Crippen LogP contribution in [0.3, 0.4) is 0 Å². The average Bonchev–Trinajstić information content (AvgIpc) is 2.29. The summed E-state index contributed by atoms with van der Waals surface area (Å²) in [6.45, 7) is 2.32. The van der Waals surface area contributed by atoms with Gasteiger partial charge >= 0.3 is 0 Å². The van der Waals surface area contributed by atoms with Crippen LogP contribution in [-0.2, 0) is 9.84 Å². The molecule has 96 valence electrons. The van der Waals surface area contributed by atoms with Crippen LogP contribution in [0.1, 0.15) is 12.5 Å². The molecule has 0 aromatic heterocycles. The third kappa shape index (κ3) is 2.68. The summed E-state index contributed by atoms with van der Waals surface area (Å²) >= 11 is 3.33. The summed E-state index contributed by atoms with van der Waals surface area (Å²) in [5.41, 5.74) is 1.37. The number of hydrogen-bond donors (Lipinski definition) is 0. The molecule has 1 saturated heterocycles. The van der Waals surface area contributed by atoms with Gasteiger partial charge in [-0.2, -0.15) is 5.26 Å². The molecule has 18 heavy (non-hydrogen) atoms. The molecule has 1 aromatic carbocycles. The molecule has 1 fully saturated rings. The van der Waals surface area contributed by atoms with Crippen molar-refractivity contribution >= 4 is 31.5 Å². The van der Waals surface area contributed by atoms with E-state index in [2.05, 4.69) is 22.0 Å². The number of nitriles is 1. The fourth-order valence-electron chi connectivity index (χ4n) is 2.20. The van der Waals surface area contributed by atoms with Crippen LogP contribution in [0, 0.1) is 11.3 Å². The second kappa shape index (κ2) is 4.90. The Balaban J connectivity index is 2.36. The third-order valence-corrected chi connectivity index (χ3v) is 5.35. The topological polar surface area (TPSA) is 61.2 Å². The van der Waals surface area contributed by atoms with Gasteiger partial charge in [0.25, 0.3) is 0 Å². The van der Waals surface area contributed by atoms with Gasteiger partial charge in [-0.1, -0.05) is 15.9 Å². The molecule has 0 radical (unpaired) electrons. The SMILES string of the molecule is CC1CS(=O)(=O)CCN1c1ccc(Br)cc1C#N. The van der Waals surface area contributed by atoms with Crippen molar-refractivity contribution in [3.05, 3.63) is 28.2 Å². The van der Waals surface area contributed by atoms with E-state index in [1.807, 2.05) is 24.0 Å². The fraction of sp³-hybridized carbons (Fsp3) is 0.417. The number of hydrogen-bond acceptors (Lipinski definition) is 4. The zero-order valence-corrected chi connectivity index (χ0v) is 12.3. The highest BCUT2D eigenvalue weighted by molar-refractivity contribution is 9.10. The maximum Gasteiger partial charge on any atom is 0.154 e. The Kier molecular flexibility index (Phi) is 3.64. The minimum absolute atomic E-state index is 0.1000. The Labute approximate surface area is 115 Å². The van der Waals surface area contributed by atoms with Gasteiger partial charge in [0, 0.05) is 17.1 Å². The van der Waals surface area contributed by atoms with Gasteiger partial charge in [0.2, 0.25) is 0 Å². The molecule has 6 heteroatoms. The Morgan fingerprint density at radius 2 is 2.22 bits per heavy atom. The summed E-state index contributed by atoms with van der Waals surface area (Å²) in [5.74, 6) is 0.298. The highest BCUT2D eigenvalue weighted by Gasteiger charge is 2.29. The predicted molar refractivity (Wildman–Crippen MR) is 74.3 cm³/mol. The predicted octanol–water partition coefficient (Wildman–Crippen LogP) is 1.94. The number of halogens is 1. The first-order valence-corrected chi connectivity index (χ1v) is 8.21. The van der Waals surface area contributed by atoms with E-state index in [0.717, 1.165) is 10.2 Å². The zero-order valence-electron chi connectivity index (χ0n) is 9.93. The lowest BCUT2D eigenvalue weighted by atomic mass is 10.1. The summed E-state index contributed by atoms with van der Waals surface area (Å²) in [7, 11) is -2.93. The Hall–Kier alpha value is -1.06. The quantitative estimate of drug-likeness (QED) is 0.790. The molecule has 0 bridgehead atoms. The van der Waals surface area contributed by atoms with Crippen LogP contribution < -0.4 is 4.90 Å². The molecule has 0 amide bonds. The van der Waals surface area contributed by atoms with E-state index in [9.17, 15) is 8.42 Å². The monoisotopic (exact) mass is 328 g/mol. The molecule has 1 heterocycles. The molecule has 1 unspecified atom stereocenters. The number of benzene rings is 1. The zero-order chi connectivity index (χ0) is 13.3. The molecule has 2 rings (SSSR count). The molecule has 0 N–H and O–H groups in total. The molecular formula is C12H13BrN2O2S. The van der Waals surface area contributed by atoms with Crippen molar-refractivity contribution < 1.29 is 8.42 Å². The number of nitrogens with zero attached hydrogens (tertiary/aromatic N) is 2. The van der Waals surface area contributed by atoms with Crippen molar-refractivity contribution in [2.45, 2.75) is 13.0 Å². The summed E-state index contributed by atoms with van der Waals surface area (Å²) in [4.78, 5) is 1.99. The van der Waals surface area contributed by atoms with Crippen molar-refractivity contribution in [2.24, 2.45) is 0 Å². The molecule has 0 saturated carbocycles. The molecule has 0 spiro atoms. The van der Waals surface area contributed by atoms with Crippen LogP contribution in [0.2, 0.25) is 0 Å². The van der Waals surface area contributed by atoms with Crippen LogP contribution >= 0.6 is 15.9 Å². The molecule has 1 aromatic rings. The Bertz CT molecular complexity index is 607. The van der Waals surface area contributed by atoms with E-state index in [1.165, 1.54) is 0 Å². The summed E-state index contributed by atoms with van der Waals surface area (Å²) in [6, 6.07) is 7.53. The number of rotatable bonds is 1. The summed E-state index contributed by atoms with van der Waals surface area (Å²) < 4.78 is 23.9. The van der Waals surface area contributed by atoms with Crippen molar-refractivity contribution in [1.29, 1.82) is 5.26 Å². The van der Waals surface area contributed by atoms with Crippen molar-refractivity contribution in [3.63, 3.8) is 0 Å². The lowest BCUT2D eigenvalue weighted by Gasteiger charge is -2.35. The van der Waals surface area contributed by atoms with Crippen molar-refractivity contribution in [3.8, 4) is 6.07 Å². The van der Waals surface area contributed by atoms with E-state index in [-0.39, 0.29) is 17.5 Å². The molecular weight excluding hydrogens is 316 g/mol. The van der Waals surface area contributed by atoms with Crippen LogP contribution in [0.5, 0.6) is 0 Å². The van der Waals surface area contributed by atoms with Gasteiger partial charge < -0.3 is 4.90 Å². The van der Waals surface area contributed by atoms with E-state index in [0.29, 0.717) is 12.1 Å². The van der Waals surface area contributed by atoms with Gasteiger partial charge in [0.15, 0.2) is 9.84 Å². The highest BCUT2D eigenvalue weighted by Crippen LogP contribution is 2.27. The van der Waals surface area contributed by atoms with Gasteiger partial charge in [-0.15, -0.1) is 0 Å². The first-order chi connectivity index (χ1) is 8.43. The van der Waals surface area contributed by atoms with Crippen LogP contribution in [0.25, 0.3) is 0 Å². The minimum Gasteiger partial charge on any atom is -0.366 e. The van der Waals surface area contributed by atoms with Crippen LogP contribution in [-0.4, -0.2) is 32.5 Å². The second-order valence-electron chi connectivity index (χ2n) is 4.43. The molecule has 1 aliphatic heterocycles. The molecule has 1 aliphatic rings. The second-order valence-corrected chi connectivity index (χ2v) is 7.57. The first kappa shape index (κ1) is 13.4. The maximum absolute atomic E-state index is 11.5. The van der Waals surface area contributed by atoms with Crippen LogP contribution in [0.15, 0.2) is 22.7 Å². The molecule has 0 aliphatic carbocycles. The smallest absolute Gasteiger partial charge is 0.154 e. The lowest BCUT2D eigenvalue weighted by Crippen LogP contribution is -2.47. The standard InChI is InChI=1S/C12H13BrN2O2S/c1-9-8-18(16,17)5-4-15(9)12-3-2-11(13)6-10(12)7-14/h2-3,6,9H,4-5,8H2,1H3. The first-order valence-electron chi connectivity index (χ1n) is 5.59. The maximum atomic E-state index is 11.5. The average molecular weight is 329 g/mol. The highest BCUT2D eigenvalue weighted by atomic mass is 79.9. The van der Waals surface area contributed by atoms with Gasteiger partial charge in [-0.3, -0.25) is 0 Å². The Morgan fingerprint density at radius 3 is 2.83 bits per heavy atom. The summed E-state index contributed by atoms with van der Waals surface area (Å²) in [6.07, 6.45) is 0. The van der Waals surface area contributed by atoms with E-state index in [4.69, 9.17) is 5.26 Å². The van der Waals surface area contributed by atoms with Gasteiger partial charge in [-0.25, -0.2) is 8.42 Å². The third-order valence-electron chi connectivity index (χ3n) is 3.06. The molecule has 4 nitrogen and oxygen atoms in total. The van der Waals surface area contributed by atoms with E-state index >= 15 is 0 Å². The van der Waals surface area contributed by atoms with Crippen LogP contribution in [0.4, 0.5) is 5.69 Å². The van der Waals surface area contributed by atoms with E-state index in [1.54, 1.807) is 6.07 Å². The fourth-order valence-corrected chi connectivity index (χ4v) is 4.12. The minimum atomic E-state index is -2.93. The van der Waals surface area contributed by atoms with E-state index < -0.39 is 9.84 Å².